The van der Waals surface area contributed by atoms with Gasteiger partial charge in [0.15, 0.2) is 17.3 Å². The normalized spacial score (nSPS) is 14.7. The van der Waals surface area contributed by atoms with E-state index in [1.807, 2.05) is 6.21 Å². The highest BCUT2D eigenvalue weighted by atomic mass is 35.5. The second kappa shape index (κ2) is 6.76. The number of ether oxygens (including phenoxy) is 1. The third-order valence-electron chi connectivity index (χ3n) is 4.33. The van der Waals surface area contributed by atoms with Gasteiger partial charge in [0.2, 0.25) is 5.95 Å². The van der Waals surface area contributed by atoms with Crippen LogP contribution in [0.4, 0.5) is 17.5 Å². The van der Waals surface area contributed by atoms with Crippen LogP contribution >= 0.6 is 11.6 Å². The Kier molecular flexibility index (Phi) is 4.67. The molecule has 1 aromatic heterocycles. The number of fused-ring (bicyclic) bond motifs is 1. The number of hydrogen-bond donors (Lipinski definition) is 3. The summed E-state index contributed by atoms with van der Waals surface area (Å²) in [6.07, 6.45) is 3.64. The molecule has 2 aromatic rings. The van der Waals surface area contributed by atoms with Gasteiger partial charge in [0.1, 0.15) is 18.0 Å². The van der Waals surface area contributed by atoms with E-state index in [4.69, 9.17) is 22.1 Å². The van der Waals surface area contributed by atoms with Crippen LogP contribution in [0.5, 0.6) is 11.5 Å². The standard InChI is InChI=1S/C17H20ClN5O2/c1-3-17(4-2)9-20-14-11(21-16(19)22-15(14)23-17)8-25-13-6-5-10(18)7-12(13)24/h5-7,9,24H,3-4,8H2,1-2H3,(H3,19,21,22,23). The van der Waals surface area contributed by atoms with E-state index < -0.39 is 0 Å². The van der Waals surface area contributed by atoms with Crippen molar-refractivity contribution in [3.8, 4) is 11.5 Å². The van der Waals surface area contributed by atoms with Gasteiger partial charge in [-0.05, 0) is 25.0 Å². The summed E-state index contributed by atoms with van der Waals surface area (Å²) in [5.74, 6) is 1.00. The molecule has 8 heteroatoms. The number of anilines is 2. The fraction of sp³-hybridized carbons (Fsp3) is 0.353. The van der Waals surface area contributed by atoms with Gasteiger partial charge in [-0.25, -0.2) is 4.98 Å². The zero-order valence-corrected chi connectivity index (χ0v) is 14.8. The summed E-state index contributed by atoms with van der Waals surface area (Å²) in [4.78, 5) is 13.0. The van der Waals surface area contributed by atoms with Gasteiger partial charge in [-0.2, -0.15) is 4.98 Å². The number of benzene rings is 1. The molecule has 1 aliphatic rings. The van der Waals surface area contributed by atoms with Gasteiger partial charge in [0.05, 0.1) is 5.54 Å². The van der Waals surface area contributed by atoms with Crippen molar-refractivity contribution in [2.24, 2.45) is 4.99 Å². The van der Waals surface area contributed by atoms with Crippen molar-refractivity contribution in [2.45, 2.75) is 38.8 Å². The number of nitrogens with zero attached hydrogens (tertiary/aromatic N) is 3. The average Bonchev–Trinajstić information content (AvgIpc) is 2.60. The Bertz CT molecular complexity index is 821. The van der Waals surface area contributed by atoms with E-state index in [9.17, 15) is 5.11 Å². The lowest BCUT2D eigenvalue weighted by Crippen LogP contribution is -2.41. The predicted molar refractivity (Wildman–Crippen MR) is 99.0 cm³/mol. The number of nitrogen functional groups attached to an aromatic ring is 1. The molecule has 4 N–H and O–H groups in total. The Balaban J connectivity index is 1.88. The fourth-order valence-electron chi connectivity index (χ4n) is 2.67. The maximum Gasteiger partial charge on any atom is 0.222 e. The van der Waals surface area contributed by atoms with Gasteiger partial charge >= 0.3 is 0 Å². The first-order valence-electron chi connectivity index (χ1n) is 8.07. The number of nitrogens with two attached hydrogens (primary N) is 1. The van der Waals surface area contributed by atoms with Gasteiger partial charge in [0.25, 0.3) is 0 Å². The highest BCUT2D eigenvalue weighted by Gasteiger charge is 2.30. The number of phenolic OH excluding ortho intramolecular Hbond substituents is 1. The topological polar surface area (TPSA) is 106 Å². The molecule has 0 fully saturated rings. The number of aliphatic imine (C=N–C) groups is 1. The highest BCUT2D eigenvalue weighted by Crippen LogP contribution is 2.36. The van der Waals surface area contributed by atoms with Crippen molar-refractivity contribution in [3.63, 3.8) is 0 Å². The quantitative estimate of drug-likeness (QED) is 0.750. The largest absolute Gasteiger partial charge is 0.504 e. The zero-order valence-electron chi connectivity index (χ0n) is 14.1. The minimum absolute atomic E-state index is 0.0407. The molecule has 132 valence electrons. The Morgan fingerprint density at radius 3 is 2.72 bits per heavy atom. The zero-order chi connectivity index (χ0) is 18.0. The van der Waals surface area contributed by atoms with Crippen LogP contribution in [0.3, 0.4) is 0 Å². The van der Waals surface area contributed by atoms with Crippen LogP contribution in [0.1, 0.15) is 32.4 Å². The van der Waals surface area contributed by atoms with Crippen LogP contribution < -0.4 is 15.8 Å². The SMILES string of the molecule is CCC1(CC)C=Nc2c(COc3ccc(Cl)cc3O)nc(N)nc2N1. The monoisotopic (exact) mass is 361 g/mol. The smallest absolute Gasteiger partial charge is 0.222 e. The van der Waals surface area contributed by atoms with Gasteiger partial charge in [-0.1, -0.05) is 25.4 Å². The summed E-state index contributed by atoms with van der Waals surface area (Å²) in [5.41, 5.74) is 6.74. The van der Waals surface area contributed by atoms with Gasteiger partial charge < -0.3 is 20.9 Å². The predicted octanol–water partition coefficient (Wildman–Crippen LogP) is 3.68. The molecule has 1 aliphatic heterocycles. The van der Waals surface area contributed by atoms with E-state index in [1.54, 1.807) is 12.1 Å². The number of rotatable bonds is 5. The van der Waals surface area contributed by atoms with Crippen LogP contribution in [0.2, 0.25) is 5.02 Å². The van der Waals surface area contributed by atoms with E-state index in [0.29, 0.717) is 28.0 Å². The summed E-state index contributed by atoms with van der Waals surface area (Å²) in [7, 11) is 0. The Labute approximate surface area is 150 Å². The molecule has 2 heterocycles. The molecule has 0 amide bonds. The van der Waals surface area contributed by atoms with Crippen LogP contribution in [-0.4, -0.2) is 26.8 Å². The minimum Gasteiger partial charge on any atom is -0.504 e. The third kappa shape index (κ3) is 3.46. The second-order valence-corrected chi connectivity index (χ2v) is 6.31. The van der Waals surface area contributed by atoms with Crippen molar-refractivity contribution in [2.75, 3.05) is 11.1 Å². The second-order valence-electron chi connectivity index (χ2n) is 5.87. The molecule has 3 rings (SSSR count). The van der Waals surface area contributed by atoms with Crippen LogP contribution in [0.25, 0.3) is 0 Å². The molecule has 0 saturated heterocycles. The average molecular weight is 362 g/mol. The first kappa shape index (κ1) is 17.3. The number of aromatic nitrogens is 2. The van der Waals surface area contributed by atoms with Gasteiger partial charge in [0, 0.05) is 17.3 Å². The summed E-state index contributed by atoms with van der Waals surface area (Å²) in [6.45, 7) is 4.27. The number of phenols is 1. The van der Waals surface area contributed by atoms with E-state index in [-0.39, 0.29) is 23.8 Å². The molecule has 0 spiro atoms. The van der Waals surface area contributed by atoms with Gasteiger partial charge in [-0.15, -0.1) is 0 Å². The lowest BCUT2D eigenvalue weighted by molar-refractivity contribution is 0.285. The van der Waals surface area contributed by atoms with Crippen LogP contribution in [0.15, 0.2) is 23.2 Å². The maximum atomic E-state index is 9.89. The maximum absolute atomic E-state index is 9.89. The molecule has 0 saturated carbocycles. The lowest BCUT2D eigenvalue weighted by Gasteiger charge is -2.33. The third-order valence-corrected chi connectivity index (χ3v) is 4.56. The van der Waals surface area contributed by atoms with Crippen molar-refractivity contribution in [1.29, 1.82) is 0 Å². The van der Waals surface area contributed by atoms with E-state index in [1.165, 1.54) is 6.07 Å². The lowest BCUT2D eigenvalue weighted by atomic mass is 9.93. The molecule has 0 unspecified atom stereocenters. The van der Waals surface area contributed by atoms with Crippen LogP contribution in [0, 0.1) is 0 Å². The molecule has 1 aromatic carbocycles. The molecule has 7 nitrogen and oxygen atoms in total. The molecule has 25 heavy (non-hydrogen) atoms. The van der Waals surface area contributed by atoms with E-state index >= 15 is 0 Å². The first-order valence-corrected chi connectivity index (χ1v) is 8.45. The summed E-state index contributed by atoms with van der Waals surface area (Å²) >= 11 is 5.82. The summed E-state index contributed by atoms with van der Waals surface area (Å²) in [6, 6.07) is 4.64. The van der Waals surface area contributed by atoms with Crippen LogP contribution in [-0.2, 0) is 6.61 Å². The summed E-state index contributed by atoms with van der Waals surface area (Å²) in [5, 5.41) is 13.7. The Hall–Kier alpha value is -2.54. The number of halogens is 1. The Morgan fingerprint density at radius 2 is 2.04 bits per heavy atom. The molecular formula is C17H20ClN5O2. The highest BCUT2D eigenvalue weighted by molar-refractivity contribution is 6.30. The fourth-order valence-corrected chi connectivity index (χ4v) is 2.83. The molecular weight excluding hydrogens is 342 g/mol. The number of aromatic hydroxyl groups is 1. The van der Waals surface area contributed by atoms with Crippen molar-refractivity contribution in [3.05, 3.63) is 28.9 Å². The molecule has 0 bridgehead atoms. The van der Waals surface area contributed by atoms with Crippen molar-refractivity contribution in [1.82, 2.24) is 9.97 Å². The van der Waals surface area contributed by atoms with Gasteiger partial charge in [-0.3, -0.25) is 4.99 Å². The number of hydrogen-bond acceptors (Lipinski definition) is 7. The van der Waals surface area contributed by atoms with Crippen molar-refractivity contribution >= 4 is 35.3 Å². The minimum atomic E-state index is -0.236. The Morgan fingerprint density at radius 1 is 1.28 bits per heavy atom. The molecule has 0 radical (unpaired) electrons. The van der Waals surface area contributed by atoms with E-state index in [0.717, 1.165) is 12.8 Å². The van der Waals surface area contributed by atoms with Crippen molar-refractivity contribution < 1.29 is 9.84 Å². The van der Waals surface area contributed by atoms with E-state index in [2.05, 4.69) is 34.1 Å². The summed E-state index contributed by atoms with van der Waals surface area (Å²) < 4.78 is 5.65. The molecule has 0 aliphatic carbocycles. The first-order chi connectivity index (χ1) is 12.0. The molecule has 0 atom stereocenters. The number of nitrogens with one attached hydrogen (secondary N) is 1.